The van der Waals surface area contributed by atoms with Crippen molar-refractivity contribution in [1.29, 1.82) is 0 Å². The summed E-state index contributed by atoms with van der Waals surface area (Å²) in [5, 5.41) is 0.812. The predicted octanol–water partition coefficient (Wildman–Crippen LogP) is 2.16. The molecule has 0 aromatic carbocycles. The third-order valence-corrected chi connectivity index (χ3v) is 4.99. The molecule has 126 valence electrons. The standard InChI is InChI=1S/C16H25N4O2S/c1-6-7-8-9-23-15-17-13-12(20(15)10-11(2)3)14(21)19(5)16(22)18(13)4/h12H,2,6-10H2,1,3-5H3/q+1. The molecule has 23 heavy (non-hydrogen) atoms. The van der Waals surface area contributed by atoms with Crippen LogP contribution in [0.15, 0.2) is 17.1 Å². The fourth-order valence-electron chi connectivity index (χ4n) is 2.66. The molecule has 0 radical (unpaired) electrons. The van der Waals surface area contributed by atoms with Crippen LogP contribution in [0, 0.1) is 0 Å². The summed E-state index contributed by atoms with van der Waals surface area (Å²) >= 11 is 1.65. The van der Waals surface area contributed by atoms with Gasteiger partial charge in [-0.2, -0.15) is 0 Å². The summed E-state index contributed by atoms with van der Waals surface area (Å²) in [7, 11) is 3.18. The van der Waals surface area contributed by atoms with Gasteiger partial charge in [-0.3, -0.25) is 14.6 Å². The van der Waals surface area contributed by atoms with Crippen LogP contribution in [0.5, 0.6) is 0 Å². The van der Waals surface area contributed by atoms with Crippen LogP contribution in [0.4, 0.5) is 4.79 Å². The van der Waals surface area contributed by atoms with E-state index in [1.165, 1.54) is 29.7 Å². The number of nitrogens with zero attached hydrogens (tertiary/aromatic N) is 4. The molecule has 1 fully saturated rings. The summed E-state index contributed by atoms with van der Waals surface area (Å²) in [6.45, 7) is 8.63. The molecule has 0 aliphatic carbocycles. The number of carbonyl (C=O) groups excluding carboxylic acids is 2. The number of likely N-dealkylation sites (N-methyl/N-ethyl adjacent to an activating group) is 2. The molecule has 1 unspecified atom stereocenters. The van der Waals surface area contributed by atoms with Crippen molar-refractivity contribution < 1.29 is 14.2 Å². The molecule has 0 aromatic heterocycles. The molecule has 0 saturated carbocycles. The average molecular weight is 337 g/mol. The first-order chi connectivity index (χ1) is 10.9. The number of hydrogen-bond acceptors (Lipinski definition) is 4. The predicted molar refractivity (Wildman–Crippen MR) is 94.1 cm³/mol. The summed E-state index contributed by atoms with van der Waals surface area (Å²) in [4.78, 5) is 31.9. The van der Waals surface area contributed by atoms with Gasteiger partial charge in [-0.15, -0.1) is 0 Å². The van der Waals surface area contributed by atoms with Gasteiger partial charge in [0.2, 0.25) is 0 Å². The molecule has 0 N–H and O–H groups in total. The Kier molecular flexibility index (Phi) is 5.62. The van der Waals surface area contributed by atoms with Gasteiger partial charge in [0.15, 0.2) is 0 Å². The van der Waals surface area contributed by atoms with Crippen LogP contribution in [0.1, 0.15) is 33.1 Å². The summed E-state index contributed by atoms with van der Waals surface area (Å²) in [5.41, 5.74) is 0.961. The molecule has 0 spiro atoms. The highest BCUT2D eigenvalue weighted by Gasteiger charge is 2.53. The van der Waals surface area contributed by atoms with Crippen LogP contribution in [0.2, 0.25) is 0 Å². The minimum Gasteiger partial charge on any atom is -0.269 e. The average Bonchev–Trinajstić information content (AvgIpc) is 2.85. The van der Waals surface area contributed by atoms with E-state index >= 15 is 0 Å². The molecule has 1 saturated heterocycles. The third-order valence-electron chi connectivity index (χ3n) is 3.91. The Labute approximate surface area is 141 Å². The second kappa shape index (κ2) is 7.29. The fourth-order valence-corrected chi connectivity index (χ4v) is 3.68. The van der Waals surface area contributed by atoms with Crippen LogP contribution in [-0.2, 0) is 4.79 Å². The van der Waals surface area contributed by atoms with Crippen molar-refractivity contribution in [1.82, 2.24) is 9.80 Å². The van der Waals surface area contributed by atoms with Crippen LogP contribution in [-0.4, -0.2) is 69.8 Å². The van der Waals surface area contributed by atoms with Crippen LogP contribution >= 0.6 is 11.8 Å². The summed E-state index contributed by atoms with van der Waals surface area (Å²) in [6, 6.07) is -0.856. The zero-order valence-electron chi connectivity index (χ0n) is 14.3. The van der Waals surface area contributed by atoms with E-state index in [1.807, 2.05) is 11.5 Å². The number of urea groups is 1. The maximum Gasteiger partial charge on any atom is 0.358 e. The molecular formula is C16H25N4O2S+. The molecule has 0 bridgehead atoms. The molecule has 0 aromatic rings. The van der Waals surface area contributed by atoms with Crippen LogP contribution < -0.4 is 0 Å². The molecule has 2 aliphatic heterocycles. The summed E-state index contributed by atoms with van der Waals surface area (Å²) < 4.78 is 1.97. The highest BCUT2D eigenvalue weighted by atomic mass is 32.2. The smallest absolute Gasteiger partial charge is 0.269 e. The number of amides is 3. The van der Waals surface area contributed by atoms with E-state index in [0.29, 0.717) is 12.4 Å². The van der Waals surface area contributed by atoms with Crippen molar-refractivity contribution in [2.24, 2.45) is 4.99 Å². The number of amidine groups is 2. The number of hydrogen-bond donors (Lipinski definition) is 0. The van der Waals surface area contributed by atoms with Gasteiger partial charge in [-0.1, -0.05) is 26.3 Å². The van der Waals surface area contributed by atoms with Gasteiger partial charge < -0.3 is 0 Å². The molecule has 2 aliphatic rings. The van der Waals surface area contributed by atoms with E-state index in [-0.39, 0.29) is 11.9 Å². The Morgan fingerprint density at radius 2 is 2.00 bits per heavy atom. The number of unbranched alkanes of at least 4 members (excludes halogenated alkanes) is 2. The van der Waals surface area contributed by atoms with Crippen molar-refractivity contribution in [3.8, 4) is 0 Å². The maximum absolute atomic E-state index is 12.6. The minimum absolute atomic E-state index is 0.225. The van der Waals surface area contributed by atoms with E-state index in [1.54, 1.807) is 18.8 Å². The Balaban J connectivity index is 2.29. The Morgan fingerprint density at radius 3 is 2.61 bits per heavy atom. The SMILES string of the molecule is C=C(C)C[N+]1=C(SCCCCC)N=C2C1C(=O)N(C)C(=O)N2C. The molecule has 7 heteroatoms. The number of fused-ring (bicyclic) bond motifs is 1. The quantitative estimate of drug-likeness (QED) is 0.424. The molecule has 3 amide bonds. The number of carbonyl (C=O) groups is 2. The fraction of sp³-hybridized carbons (Fsp3) is 0.625. The third kappa shape index (κ3) is 3.49. The zero-order valence-corrected chi connectivity index (χ0v) is 15.2. The normalized spacial score (nSPS) is 21.0. The first kappa shape index (κ1) is 17.7. The highest BCUT2D eigenvalue weighted by molar-refractivity contribution is 8.13. The number of aliphatic imine (C=N–C) groups is 1. The summed E-state index contributed by atoms with van der Waals surface area (Å²) in [5.74, 6) is 1.26. The Morgan fingerprint density at radius 1 is 1.30 bits per heavy atom. The molecule has 2 heterocycles. The molecule has 6 nitrogen and oxygen atoms in total. The van der Waals surface area contributed by atoms with Gasteiger partial charge in [0.25, 0.3) is 17.8 Å². The lowest BCUT2D eigenvalue weighted by molar-refractivity contribution is -0.524. The molecule has 1 atom stereocenters. The molecule has 2 rings (SSSR count). The first-order valence-electron chi connectivity index (χ1n) is 7.93. The van der Waals surface area contributed by atoms with Gasteiger partial charge in [0.1, 0.15) is 6.54 Å². The van der Waals surface area contributed by atoms with Gasteiger partial charge in [0, 0.05) is 19.8 Å². The van der Waals surface area contributed by atoms with Gasteiger partial charge >= 0.3 is 11.2 Å². The van der Waals surface area contributed by atoms with E-state index < -0.39 is 6.04 Å². The van der Waals surface area contributed by atoms with Gasteiger partial charge in [-0.25, -0.2) is 9.37 Å². The Hall–Kier alpha value is -1.63. The first-order valence-corrected chi connectivity index (χ1v) is 8.91. The van der Waals surface area contributed by atoms with Gasteiger partial charge in [-0.05, 0) is 35.7 Å². The van der Waals surface area contributed by atoms with Crippen LogP contribution in [0.25, 0.3) is 0 Å². The zero-order chi connectivity index (χ0) is 17.1. The van der Waals surface area contributed by atoms with E-state index in [0.717, 1.165) is 22.9 Å². The lowest BCUT2D eigenvalue weighted by atomic mass is 10.1. The second-order valence-corrected chi connectivity index (χ2v) is 7.10. The number of rotatable bonds is 6. The second-order valence-electron chi connectivity index (χ2n) is 6.03. The van der Waals surface area contributed by atoms with E-state index in [2.05, 4.69) is 18.5 Å². The highest BCUT2D eigenvalue weighted by Crippen LogP contribution is 2.24. The van der Waals surface area contributed by atoms with E-state index in [9.17, 15) is 9.59 Å². The van der Waals surface area contributed by atoms with Crippen molar-refractivity contribution in [3.05, 3.63) is 12.2 Å². The van der Waals surface area contributed by atoms with Crippen LogP contribution in [0.3, 0.4) is 0 Å². The van der Waals surface area contributed by atoms with Crippen molar-refractivity contribution in [2.75, 3.05) is 26.4 Å². The Bertz CT molecular complexity index is 597. The largest absolute Gasteiger partial charge is 0.358 e. The van der Waals surface area contributed by atoms with Gasteiger partial charge in [0.05, 0.1) is 0 Å². The van der Waals surface area contributed by atoms with Crippen molar-refractivity contribution in [2.45, 2.75) is 39.2 Å². The lowest BCUT2D eigenvalue weighted by Gasteiger charge is -2.30. The van der Waals surface area contributed by atoms with Crippen molar-refractivity contribution >= 4 is 34.7 Å². The number of thioether (sulfide) groups is 1. The lowest BCUT2D eigenvalue weighted by Crippen LogP contribution is -2.61. The maximum atomic E-state index is 12.6. The summed E-state index contributed by atoms with van der Waals surface area (Å²) in [6.07, 6.45) is 3.47. The topological polar surface area (TPSA) is 56.0 Å². The molecular weight excluding hydrogens is 312 g/mol. The minimum atomic E-state index is -0.520. The van der Waals surface area contributed by atoms with Crippen molar-refractivity contribution in [3.63, 3.8) is 0 Å². The van der Waals surface area contributed by atoms with E-state index in [4.69, 9.17) is 0 Å². The number of imide groups is 1. The monoisotopic (exact) mass is 337 g/mol.